The van der Waals surface area contributed by atoms with E-state index in [1.807, 2.05) is 12.1 Å². The maximum Gasteiger partial charge on any atom is 0.426 e. The standard InChI is InChI=1S/C23H25F3N6O2/c24-23(25,26)22(33)9-3-1-2-7-15-8-5-11-32(15)19-16(14-6-4-10-28-13-14)12-17(27)18(29-19)20-30-31-21(22)34-20/h4,6,10,12-13,15,33H,1-3,5,7-9,11,27H2/t15-,22?/m1/s1. The van der Waals surface area contributed by atoms with Crippen molar-refractivity contribution in [2.45, 2.75) is 62.8 Å². The number of hydrogen-bond acceptors (Lipinski definition) is 8. The Morgan fingerprint density at radius 1 is 1.15 bits per heavy atom. The van der Waals surface area contributed by atoms with E-state index in [2.05, 4.69) is 20.1 Å². The number of alkyl halides is 3. The molecule has 3 N–H and O–H groups in total. The van der Waals surface area contributed by atoms with E-state index in [4.69, 9.17) is 15.1 Å². The number of halogens is 3. The van der Waals surface area contributed by atoms with Gasteiger partial charge in [-0.2, -0.15) is 13.2 Å². The van der Waals surface area contributed by atoms with Crippen LogP contribution >= 0.6 is 0 Å². The smallest absolute Gasteiger partial charge is 0.416 e. The molecule has 0 aliphatic carbocycles. The molecule has 5 rings (SSSR count). The van der Waals surface area contributed by atoms with Gasteiger partial charge in [0, 0.05) is 36.1 Å². The summed E-state index contributed by atoms with van der Waals surface area (Å²) in [7, 11) is 0. The lowest BCUT2D eigenvalue weighted by Crippen LogP contribution is -2.42. The summed E-state index contributed by atoms with van der Waals surface area (Å²) in [4.78, 5) is 11.2. The fourth-order valence-corrected chi connectivity index (χ4v) is 4.85. The lowest BCUT2D eigenvalue weighted by molar-refractivity contribution is -0.277. The summed E-state index contributed by atoms with van der Waals surface area (Å²) in [5.74, 6) is -0.505. The molecule has 1 fully saturated rings. The van der Waals surface area contributed by atoms with Crippen LogP contribution in [0.5, 0.6) is 0 Å². The Morgan fingerprint density at radius 3 is 2.74 bits per heavy atom. The average molecular weight is 474 g/mol. The van der Waals surface area contributed by atoms with Crippen molar-refractivity contribution in [1.29, 1.82) is 0 Å². The Kier molecular flexibility index (Phi) is 5.67. The van der Waals surface area contributed by atoms with Gasteiger partial charge in [0.1, 0.15) is 5.82 Å². The minimum absolute atomic E-state index is 0.0913. The number of nitrogens with two attached hydrogens (primary N) is 1. The lowest BCUT2D eigenvalue weighted by Gasteiger charge is -2.29. The Labute approximate surface area is 194 Å². The minimum atomic E-state index is -4.97. The highest BCUT2D eigenvalue weighted by atomic mass is 19.4. The first-order valence-corrected chi connectivity index (χ1v) is 11.4. The predicted octanol–water partition coefficient (Wildman–Crippen LogP) is 4.46. The summed E-state index contributed by atoms with van der Waals surface area (Å²) in [6.07, 6.45) is 2.08. The number of aromatic nitrogens is 4. The van der Waals surface area contributed by atoms with Crippen LogP contribution in [0.25, 0.3) is 22.7 Å². The zero-order chi connectivity index (χ0) is 23.9. The predicted molar refractivity (Wildman–Crippen MR) is 119 cm³/mol. The van der Waals surface area contributed by atoms with Crippen molar-refractivity contribution in [2.24, 2.45) is 0 Å². The summed E-state index contributed by atoms with van der Waals surface area (Å²) in [5.41, 5.74) is 4.93. The topological polar surface area (TPSA) is 114 Å². The molecule has 8 nitrogen and oxygen atoms in total. The van der Waals surface area contributed by atoms with Gasteiger partial charge < -0.3 is 20.2 Å². The molecule has 0 aromatic carbocycles. The van der Waals surface area contributed by atoms with Crippen molar-refractivity contribution in [3.63, 3.8) is 0 Å². The van der Waals surface area contributed by atoms with Crippen LogP contribution in [0.2, 0.25) is 0 Å². The van der Waals surface area contributed by atoms with Crippen molar-refractivity contribution in [3.8, 4) is 22.7 Å². The van der Waals surface area contributed by atoms with Crippen LogP contribution in [0.4, 0.5) is 24.7 Å². The van der Waals surface area contributed by atoms with Gasteiger partial charge in [-0.25, -0.2) is 4.98 Å². The summed E-state index contributed by atoms with van der Waals surface area (Å²) in [5, 5.41) is 17.9. The molecule has 1 unspecified atom stereocenters. The first-order valence-electron chi connectivity index (χ1n) is 11.4. The number of rotatable bonds is 1. The number of aliphatic hydroxyl groups is 1. The Hall–Kier alpha value is -3.21. The van der Waals surface area contributed by atoms with Gasteiger partial charge in [0.05, 0.1) is 5.69 Å². The molecule has 0 spiro atoms. The van der Waals surface area contributed by atoms with Crippen molar-refractivity contribution in [3.05, 3.63) is 36.5 Å². The molecule has 5 heterocycles. The molecule has 3 aromatic rings. The fourth-order valence-electron chi connectivity index (χ4n) is 4.85. The largest absolute Gasteiger partial charge is 0.426 e. The van der Waals surface area contributed by atoms with Crippen LogP contribution in [0.15, 0.2) is 35.0 Å². The highest BCUT2D eigenvalue weighted by molar-refractivity contribution is 5.83. The third-order valence-corrected chi connectivity index (χ3v) is 6.68. The molecular formula is C23H25F3N6O2. The van der Waals surface area contributed by atoms with Crippen LogP contribution in [-0.2, 0) is 5.60 Å². The summed E-state index contributed by atoms with van der Waals surface area (Å²) in [6, 6.07) is 5.64. The van der Waals surface area contributed by atoms with Crippen LogP contribution in [0.3, 0.4) is 0 Å². The molecule has 180 valence electrons. The van der Waals surface area contributed by atoms with Gasteiger partial charge in [-0.3, -0.25) is 4.98 Å². The molecule has 3 aromatic heterocycles. The van der Waals surface area contributed by atoms with Gasteiger partial charge in [0.15, 0.2) is 5.69 Å². The van der Waals surface area contributed by atoms with Crippen LogP contribution in [0.1, 0.15) is 50.8 Å². The molecule has 34 heavy (non-hydrogen) atoms. The molecule has 0 amide bonds. The fraction of sp³-hybridized carbons (Fsp3) is 0.478. The number of pyridine rings is 2. The molecular weight excluding hydrogens is 449 g/mol. The van der Waals surface area contributed by atoms with E-state index in [0.29, 0.717) is 12.2 Å². The van der Waals surface area contributed by atoms with Gasteiger partial charge in [0.25, 0.3) is 11.8 Å². The van der Waals surface area contributed by atoms with E-state index >= 15 is 0 Å². The van der Waals surface area contributed by atoms with E-state index in [-0.39, 0.29) is 29.7 Å². The second-order valence-electron chi connectivity index (χ2n) is 8.90. The van der Waals surface area contributed by atoms with E-state index in [0.717, 1.165) is 43.4 Å². The Balaban J connectivity index is 1.69. The molecule has 1 saturated heterocycles. The molecule has 4 bridgehead atoms. The maximum atomic E-state index is 13.9. The molecule has 2 atom stereocenters. The molecule has 0 radical (unpaired) electrons. The number of hydrogen-bond donors (Lipinski definition) is 2. The third kappa shape index (κ3) is 3.87. The van der Waals surface area contributed by atoms with Gasteiger partial charge in [-0.05, 0) is 44.2 Å². The SMILES string of the molecule is Nc1cc(-c2cccnc2)c2nc1-c1nnc(o1)C(O)(C(F)(F)F)CCCCC[C@@H]1CCCN21. The van der Waals surface area contributed by atoms with Gasteiger partial charge in [-0.1, -0.05) is 18.9 Å². The van der Waals surface area contributed by atoms with Crippen LogP contribution in [0, 0.1) is 0 Å². The Bertz CT molecular complexity index is 1170. The molecule has 0 saturated carbocycles. The Morgan fingerprint density at radius 2 is 1.97 bits per heavy atom. The molecule has 2 aliphatic rings. The molecule has 11 heteroatoms. The van der Waals surface area contributed by atoms with E-state index in [9.17, 15) is 18.3 Å². The maximum absolute atomic E-state index is 13.9. The highest BCUT2D eigenvalue weighted by Crippen LogP contribution is 2.44. The summed E-state index contributed by atoms with van der Waals surface area (Å²) in [6.45, 7) is 0.803. The zero-order valence-electron chi connectivity index (χ0n) is 18.4. The van der Waals surface area contributed by atoms with Crippen LogP contribution < -0.4 is 10.6 Å². The summed E-state index contributed by atoms with van der Waals surface area (Å²) < 4.78 is 46.9. The van der Waals surface area contributed by atoms with Crippen molar-refractivity contribution in [2.75, 3.05) is 17.2 Å². The first kappa shape index (κ1) is 22.6. The highest BCUT2D eigenvalue weighted by Gasteiger charge is 2.58. The van der Waals surface area contributed by atoms with Gasteiger partial charge >= 0.3 is 6.18 Å². The van der Waals surface area contributed by atoms with E-state index in [1.165, 1.54) is 0 Å². The van der Waals surface area contributed by atoms with E-state index in [1.54, 1.807) is 18.5 Å². The second kappa shape index (κ2) is 8.53. The summed E-state index contributed by atoms with van der Waals surface area (Å²) >= 11 is 0. The number of nitrogen functional groups attached to an aromatic ring is 1. The molecule has 2 aliphatic heterocycles. The van der Waals surface area contributed by atoms with Crippen molar-refractivity contribution < 1.29 is 22.7 Å². The number of anilines is 2. The monoisotopic (exact) mass is 474 g/mol. The van der Waals surface area contributed by atoms with Crippen molar-refractivity contribution in [1.82, 2.24) is 20.2 Å². The van der Waals surface area contributed by atoms with Gasteiger partial charge in [-0.15, -0.1) is 10.2 Å². The normalized spacial score (nSPS) is 23.4. The van der Waals surface area contributed by atoms with Crippen LogP contribution in [-0.4, -0.2) is 44.0 Å². The second-order valence-corrected chi connectivity index (χ2v) is 8.90. The first-order chi connectivity index (χ1) is 16.3. The van der Waals surface area contributed by atoms with E-state index < -0.39 is 24.1 Å². The lowest BCUT2D eigenvalue weighted by atomic mass is 9.94. The van der Waals surface area contributed by atoms with Gasteiger partial charge in [0.2, 0.25) is 5.60 Å². The number of fused-ring (bicyclic) bond motifs is 7. The third-order valence-electron chi connectivity index (χ3n) is 6.68. The quantitative estimate of drug-likeness (QED) is 0.531. The zero-order valence-corrected chi connectivity index (χ0v) is 18.4. The average Bonchev–Trinajstić information content (AvgIpc) is 3.48. The minimum Gasteiger partial charge on any atom is -0.416 e. The van der Waals surface area contributed by atoms with Crippen molar-refractivity contribution >= 4 is 11.5 Å². The number of nitrogens with zero attached hydrogens (tertiary/aromatic N) is 5.